The molecule has 0 aliphatic carbocycles. The van der Waals surface area contributed by atoms with Crippen molar-refractivity contribution in [3.8, 4) is 6.07 Å². The van der Waals surface area contributed by atoms with Crippen molar-refractivity contribution in [1.29, 1.82) is 5.26 Å². The third-order valence-electron chi connectivity index (χ3n) is 1.39. The van der Waals surface area contributed by atoms with Gasteiger partial charge in [-0.05, 0) is 6.07 Å². The molecule has 0 atom stereocenters. The zero-order valence-electron chi connectivity index (χ0n) is 7.38. The van der Waals surface area contributed by atoms with Crippen LogP contribution < -0.4 is 5.32 Å². The van der Waals surface area contributed by atoms with Gasteiger partial charge in [0.1, 0.15) is 11.9 Å². The molecule has 1 N–H and O–H groups in total. The van der Waals surface area contributed by atoms with Gasteiger partial charge in [-0.3, -0.25) is 0 Å². The number of rotatable bonds is 3. The zero-order valence-corrected chi connectivity index (χ0v) is 8.95. The maximum Gasteiger partial charge on any atom is 0.255 e. The van der Waals surface area contributed by atoms with Gasteiger partial charge in [-0.15, -0.1) is 12.4 Å². The second-order valence-corrected chi connectivity index (χ2v) is 2.85. The van der Waals surface area contributed by atoms with Gasteiger partial charge >= 0.3 is 0 Å². The van der Waals surface area contributed by atoms with E-state index in [-0.39, 0.29) is 28.8 Å². The summed E-state index contributed by atoms with van der Waals surface area (Å²) < 4.78 is 23.6. The first-order chi connectivity index (χ1) is 6.63. The Morgan fingerprint density at radius 3 is 2.73 bits per heavy atom. The molecule has 0 fully saturated rings. The molecule has 0 saturated carbocycles. The first-order valence-electron chi connectivity index (χ1n) is 3.71. The lowest BCUT2D eigenvalue weighted by Crippen LogP contribution is -2.11. The summed E-state index contributed by atoms with van der Waals surface area (Å²) in [6.45, 7) is -0.515. The van der Waals surface area contributed by atoms with Gasteiger partial charge in [0.05, 0.1) is 17.1 Å². The molecular formula is C8H7Cl2F2N3. The summed E-state index contributed by atoms with van der Waals surface area (Å²) in [5, 5.41) is 11.0. The smallest absolute Gasteiger partial charge is 0.255 e. The van der Waals surface area contributed by atoms with Gasteiger partial charge < -0.3 is 5.32 Å². The first-order valence-corrected chi connectivity index (χ1v) is 4.09. The predicted molar refractivity (Wildman–Crippen MR) is 55.7 cm³/mol. The van der Waals surface area contributed by atoms with Crippen molar-refractivity contribution in [2.75, 3.05) is 11.9 Å². The monoisotopic (exact) mass is 253 g/mol. The molecule has 1 rings (SSSR count). The number of anilines is 1. The van der Waals surface area contributed by atoms with E-state index in [1.165, 1.54) is 12.3 Å². The van der Waals surface area contributed by atoms with E-state index in [4.69, 9.17) is 16.9 Å². The molecule has 7 heteroatoms. The number of hydrogen-bond donors (Lipinski definition) is 1. The van der Waals surface area contributed by atoms with Crippen LogP contribution in [0.1, 0.15) is 5.56 Å². The van der Waals surface area contributed by atoms with Gasteiger partial charge in [-0.25, -0.2) is 13.8 Å². The lowest BCUT2D eigenvalue weighted by atomic mass is 10.3. The number of nitrogens with zero attached hydrogens (tertiary/aromatic N) is 2. The Morgan fingerprint density at radius 1 is 1.60 bits per heavy atom. The predicted octanol–water partition coefficient (Wildman–Crippen LogP) is 2.71. The van der Waals surface area contributed by atoms with Gasteiger partial charge in [0.15, 0.2) is 0 Å². The minimum Gasteiger partial charge on any atom is -0.363 e. The number of nitriles is 1. The van der Waals surface area contributed by atoms with Crippen molar-refractivity contribution < 1.29 is 8.78 Å². The molecule has 0 spiro atoms. The standard InChI is InChI=1S/C8H6ClF2N3.ClH/c9-6-1-5(2-12)3-13-8(6)14-4-7(10)11;/h1,3,7H,4H2,(H,13,14);1H. The Balaban J connectivity index is 0.00000196. The molecule has 1 heterocycles. The summed E-state index contributed by atoms with van der Waals surface area (Å²) in [5.74, 6) is 0.158. The van der Waals surface area contributed by atoms with Gasteiger partial charge in [-0.2, -0.15) is 5.26 Å². The molecule has 1 aromatic heterocycles. The number of pyridine rings is 1. The third kappa shape index (κ3) is 4.28. The molecule has 0 radical (unpaired) electrons. The van der Waals surface area contributed by atoms with Crippen LogP contribution in [0, 0.1) is 11.3 Å². The molecule has 0 bridgehead atoms. The molecule has 0 unspecified atom stereocenters. The van der Waals surface area contributed by atoms with Crippen molar-refractivity contribution in [1.82, 2.24) is 4.98 Å². The third-order valence-corrected chi connectivity index (χ3v) is 1.68. The fourth-order valence-electron chi connectivity index (χ4n) is 0.803. The van der Waals surface area contributed by atoms with Crippen LogP contribution in [0.25, 0.3) is 0 Å². The number of aromatic nitrogens is 1. The average Bonchev–Trinajstić information content (AvgIpc) is 2.15. The SMILES string of the molecule is Cl.N#Cc1cnc(NCC(F)F)c(Cl)c1. The second-order valence-electron chi connectivity index (χ2n) is 2.44. The minimum absolute atomic E-state index is 0. The summed E-state index contributed by atoms with van der Waals surface area (Å²) in [5.41, 5.74) is 0.289. The largest absolute Gasteiger partial charge is 0.363 e. The molecule has 0 saturated heterocycles. The van der Waals surface area contributed by atoms with E-state index >= 15 is 0 Å². The van der Waals surface area contributed by atoms with E-state index in [0.717, 1.165) is 0 Å². The maximum atomic E-state index is 11.8. The summed E-state index contributed by atoms with van der Waals surface area (Å²) in [4.78, 5) is 3.72. The van der Waals surface area contributed by atoms with Crippen molar-refractivity contribution in [2.24, 2.45) is 0 Å². The van der Waals surface area contributed by atoms with E-state index < -0.39 is 13.0 Å². The molecule has 0 amide bonds. The van der Waals surface area contributed by atoms with Crippen LogP contribution in [0.2, 0.25) is 5.02 Å². The second kappa shape index (κ2) is 6.38. The van der Waals surface area contributed by atoms with Gasteiger partial charge in [0.25, 0.3) is 6.43 Å². The summed E-state index contributed by atoms with van der Waals surface area (Å²) in [6, 6.07) is 3.20. The van der Waals surface area contributed by atoms with Crippen molar-refractivity contribution in [2.45, 2.75) is 6.43 Å². The summed E-state index contributed by atoms with van der Waals surface area (Å²) in [6.07, 6.45) is -1.21. The topological polar surface area (TPSA) is 48.7 Å². The highest BCUT2D eigenvalue weighted by atomic mass is 35.5. The van der Waals surface area contributed by atoms with Crippen molar-refractivity contribution in [3.63, 3.8) is 0 Å². The van der Waals surface area contributed by atoms with Crippen LogP contribution in [0.4, 0.5) is 14.6 Å². The lowest BCUT2D eigenvalue weighted by Gasteiger charge is -2.05. The van der Waals surface area contributed by atoms with E-state index in [1.54, 1.807) is 0 Å². The van der Waals surface area contributed by atoms with Crippen LogP contribution in [0.15, 0.2) is 12.3 Å². The van der Waals surface area contributed by atoms with Gasteiger partial charge in [0.2, 0.25) is 0 Å². The fraction of sp³-hybridized carbons (Fsp3) is 0.250. The Labute approximate surface area is 96.5 Å². The quantitative estimate of drug-likeness (QED) is 0.902. The van der Waals surface area contributed by atoms with Crippen LogP contribution in [-0.4, -0.2) is 18.0 Å². The lowest BCUT2D eigenvalue weighted by molar-refractivity contribution is 0.163. The molecular weight excluding hydrogens is 247 g/mol. The van der Waals surface area contributed by atoms with Gasteiger partial charge in [-0.1, -0.05) is 11.6 Å². The number of hydrogen-bond acceptors (Lipinski definition) is 3. The van der Waals surface area contributed by atoms with Gasteiger partial charge in [0, 0.05) is 6.20 Å². The molecule has 82 valence electrons. The molecule has 0 aromatic carbocycles. The van der Waals surface area contributed by atoms with Crippen LogP contribution in [0.5, 0.6) is 0 Å². The Morgan fingerprint density at radius 2 is 2.27 bits per heavy atom. The fourth-order valence-corrected chi connectivity index (χ4v) is 1.04. The molecule has 15 heavy (non-hydrogen) atoms. The highest BCUT2D eigenvalue weighted by molar-refractivity contribution is 6.33. The van der Waals surface area contributed by atoms with Crippen LogP contribution in [-0.2, 0) is 0 Å². The van der Waals surface area contributed by atoms with E-state index in [0.29, 0.717) is 0 Å². The van der Waals surface area contributed by atoms with Crippen LogP contribution >= 0.6 is 24.0 Å². The molecule has 0 aliphatic heterocycles. The van der Waals surface area contributed by atoms with Crippen molar-refractivity contribution in [3.05, 3.63) is 22.8 Å². The van der Waals surface area contributed by atoms with E-state index in [1.807, 2.05) is 6.07 Å². The van der Waals surface area contributed by atoms with E-state index in [2.05, 4.69) is 10.3 Å². The Kier molecular flexibility index (Phi) is 5.90. The number of alkyl halides is 2. The molecule has 0 aliphatic rings. The number of halogens is 4. The average molecular weight is 254 g/mol. The highest BCUT2D eigenvalue weighted by Crippen LogP contribution is 2.19. The van der Waals surface area contributed by atoms with Crippen molar-refractivity contribution >= 4 is 29.8 Å². The molecule has 1 aromatic rings. The summed E-state index contributed by atoms with van der Waals surface area (Å²) in [7, 11) is 0. The summed E-state index contributed by atoms with van der Waals surface area (Å²) >= 11 is 5.67. The first kappa shape index (κ1) is 13.9. The highest BCUT2D eigenvalue weighted by Gasteiger charge is 2.06. The zero-order chi connectivity index (χ0) is 10.6. The maximum absolute atomic E-state index is 11.8. The Bertz CT molecular complexity index is 365. The minimum atomic E-state index is -2.47. The number of nitrogens with one attached hydrogen (secondary N) is 1. The van der Waals surface area contributed by atoms with Crippen LogP contribution in [0.3, 0.4) is 0 Å². The Hall–Kier alpha value is -1.12. The normalized spacial score (nSPS) is 9.27. The van der Waals surface area contributed by atoms with E-state index in [9.17, 15) is 8.78 Å². The molecule has 3 nitrogen and oxygen atoms in total.